The summed E-state index contributed by atoms with van der Waals surface area (Å²) in [5.74, 6) is -0.337. The van der Waals surface area contributed by atoms with E-state index in [-0.39, 0.29) is 11.8 Å². The summed E-state index contributed by atoms with van der Waals surface area (Å²) in [4.78, 5) is 30.7. The molecule has 1 N–H and O–H groups in total. The second-order valence-corrected chi connectivity index (χ2v) is 5.32. The van der Waals surface area contributed by atoms with Crippen LogP contribution < -0.4 is 5.32 Å². The van der Waals surface area contributed by atoms with E-state index in [1.807, 2.05) is 24.3 Å². The van der Waals surface area contributed by atoms with Crippen LogP contribution in [-0.2, 0) is 11.3 Å². The largest absolute Gasteiger partial charge is 0.350 e. The van der Waals surface area contributed by atoms with E-state index in [2.05, 4.69) is 16.9 Å². The molecule has 1 aromatic carbocycles. The quantitative estimate of drug-likeness (QED) is 0.860. The van der Waals surface area contributed by atoms with E-state index in [1.165, 1.54) is 4.90 Å². The Morgan fingerprint density at radius 2 is 2.13 bits per heavy atom. The summed E-state index contributed by atoms with van der Waals surface area (Å²) >= 11 is 0. The molecule has 0 saturated carbocycles. The van der Waals surface area contributed by atoms with Gasteiger partial charge in [-0.25, -0.2) is 0 Å². The van der Waals surface area contributed by atoms with Crippen LogP contribution in [0.1, 0.15) is 27.5 Å². The Bertz CT molecular complexity index is 743. The third-order valence-electron chi connectivity index (χ3n) is 3.82. The first-order valence-corrected chi connectivity index (χ1v) is 7.40. The Kier molecular flexibility index (Phi) is 4.19. The van der Waals surface area contributed by atoms with Gasteiger partial charge in [-0.15, -0.1) is 6.58 Å². The maximum atomic E-state index is 12.7. The number of carbonyl (C=O) groups is 2. The summed E-state index contributed by atoms with van der Waals surface area (Å²) < 4.78 is 0. The second kappa shape index (κ2) is 6.44. The van der Waals surface area contributed by atoms with Crippen LogP contribution >= 0.6 is 0 Å². The predicted octanol–water partition coefficient (Wildman–Crippen LogP) is 2.08. The molecule has 0 saturated heterocycles. The van der Waals surface area contributed by atoms with Crippen molar-refractivity contribution in [1.29, 1.82) is 0 Å². The van der Waals surface area contributed by atoms with Gasteiger partial charge in [0.2, 0.25) is 5.91 Å². The Balaban J connectivity index is 1.82. The number of aromatic nitrogens is 1. The number of pyridine rings is 1. The first-order valence-electron chi connectivity index (χ1n) is 7.40. The van der Waals surface area contributed by atoms with E-state index in [9.17, 15) is 9.59 Å². The molecule has 5 heteroatoms. The van der Waals surface area contributed by atoms with Gasteiger partial charge in [0, 0.05) is 31.0 Å². The van der Waals surface area contributed by atoms with Gasteiger partial charge in [0.25, 0.3) is 5.91 Å². The molecule has 23 heavy (non-hydrogen) atoms. The lowest BCUT2D eigenvalue weighted by Crippen LogP contribution is -2.39. The molecule has 0 aliphatic carbocycles. The topological polar surface area (TPSA) is 62.3 Å². The van der Waals surface area contributed by atoms with Crippen molar-refractivity contribution in [2.24, 2.45) is 0 Å². The van der Waals surface area contributed by atoms with Crippen LogP contribution in [0.15, 0.2) is 61.4 Å². The maximum Gasteiger partial charge on any atom is 0.255 e. The van der Waals surface area contributed by atoms with E-state index >= 15 is 0 Å². The van der Waals surface area contributed by atoms with E-state index in [1.54, 1.807) is 30.6 Å². The molecule has 1 aliphatic rings. The minimum absolute atomic E-state index is 0.137. The van der Waals surface area contributed by atoms with Crippen LogP contribution in [0.25, 0.3) is 0 Å². The molecule has 0 fully saturated rings. The van der Waals surface area contributed by atoms with Gasteiger partial charge in [-0.1, -0.05) is 30.3 Å². The summed E-state index contributed by atoms with van der Waals surface area (Å²) in [6, 6.07) is 10.3. The molecule has 5 nitrogen and oxygen atoms in total. The molecule has 1 aliphatic heterocycles. The minimum atomic E-state index is -0.617. The standard InChI is InChI=1S/C18H17N3O2/c1-2-10-21-16(14-7-3-4-8-15(14)18(21)23)17(22)20-12-13-6-5-9-19-11-13/h2-9,11,16H,1,10,12H2,(H,20,22)/t16-/m1/s1. The molecule has 3 rings (SSSR count). The lowest BCUT2D eigenvalue weighted by Gasteiger charge is -2.23. The van der Waals surface area contributed by atoms with Crippen LogP contribution in [0.4, 0.5) is 0 Å². The number of hydrogen-bond acceptors (Lipinski definition) is 3. The van der Waals surface area contributed by atoms with Crippen molar-refractivity contribution in [3.05, 3.63) is 78.1 Å². The molecule has 2 amide bonds. The number of amides is 2. The van der Waals surface area contributed by atoms with Gasteiger partial charge >= 0.3 is 0 Å². The number of carbonyl (C=O) groups excluding carboxylic acids is 2. The van der Waals surface area contributed by atoms with E-state index in [4.69, 9.17) is 0 Å². The zero-order valence-corrected chi connectivity index (χ0v) is 12.6. The van der Waals surface area contributed by atoms with Crippen LogP contribution in [0.5, 0.6) is 0 Å². The van der Waals surface area contributed by atoms with Gasteiger partial charge in [0.1, 0.15) is 6.04 Å². The maximum absolute atomic E-state index is 12.7. The Hall–Kier alpha value is -2.95. The SMILES string of the molecule is C=CCN1C(=O)c2ccccc2[C@@H]1C(=O)NCc1cccnc1. The molecular formula is C18H17N3O2. The van der Waals surface area contributed by atoms with Gasteiger partial charge in [-0.3, -0.25) is 14.6 Å². The lowest BCUT2D eigenvalue weighted by molar-refractivity contribution is -0.125. The van der Waals surface area contributed by atoms with E-state index in [0.29, 0.717) is 18.7 Å². The van der Waals surface area contributed by atoms with Crippen molar-refractivity contribution >= 4 is 11.8 Å². The summed E-state index contributed by atoms with van der Waals surface area (Å²) in [6.07, 6.45) is 5.02. The highest BCUT2D eigenvalue weighted by Gasteiger charge is 2.39. The number of nitrogens with one attached hydrogen (secondary N) is 1. The molecule has 0 bridgehead atoms. The molecule has 2 heterocycles. The number of fused-ring (bicyclic) bond motifs is 1. The summed E-state index contributed by atoms with van der Waals surface area (Å²) in [5.41, 5.74) is 2.23. The number of nitrogens with zero attached hydrogens (tertiary/aromatic N) is 2. The third-order valence-corrected chi connectivity index (χ3v) is 3.82. The van der Waals surface area contributed by atoms with Crippen LogP contribution in [-0.4, -0.2) is 28.2 Å². The monoisotopic (exact) mass is 307 g/mol. The second-order valence-electron chi connectivity index (χ2n) is 5.32. The summed E-state index contributed by atoms with van der Waals surface area (Å²) in [5, 5.41) is 2.88. The van der Waals surface area contributed by atoms with Crippen molar-refractivity contribution in [2.45, 2.75) is 12.6 Å². The van der Waals surface area contributed by atoms with Gasteiger partial charge in [0.05, 0.1) is 0 Å². The smallest absolute Gasteiger partial charge is 0.255 e. The van der Waals surface area contributed by atoms with Gasteiger partial charge in [0.15, 0.2) is 0 Å². The molecule has 0 radical (unpaired) electrons. The highest BCUT2D eigenvalue weighted by Crippen LogP contribution is 2.33. The fraction of sp³-hybridized carbons (Fsp3) is 0.167. The number of hydrogen-bond donors (Lipinski definition) is 1. The van der Waals surface area contributed by atoms with Gasteiger partial charge < -0.3 is 10.2 Å². The number of rotatable bonds is 5. The Morgan fingerprint density at radius 1 is 1.30 bits per heavy atom. The molecule has 2 aromatic rings. The van der Waals surface area contributed by atoms with E-state index in [0.717, 1.165) is 11.1 Å². The fourth-order valence-corrected chi connectivity index (χ4v) is 2.77. The third kappa shape index (κ3) is 2.85. The van der Waals surface area contributed by atoms with E-state index < -0.39 is 6.04 Å². The number of benzene rings is 1. The molecule has 0 unspecified atom stereocenters. The average Bonchev–Trinajstić information content (AvgIpc) is 2.87. The van der Waals surface area contributed by atoms with Gasteiger partial charge in [-0.05, 0) is 23.3 Å². The molecule has 1 atom stereocenters. The van der Waals surface area contributed by atoms with Crippen LogP contribution in [0.3, 0.4) is 0 Å². The van der Waals surface area contributed by atoms with Crippen molar-refractivity contribution in [1.82, 2.24) is 15.2 Å². The highest BCUT2D eigenvalue weighted by molar-refractivity contribution is 6.04. The van der Waals surface area contributed by atoms with Crippen molar-refractivity contribution in [3.63, 3.8) is 0 Å². The Labute approximate surface area is 134 Å². The van der Waals surface area contributed by atoms with Crippen molar-refractivity contribution in [2.75, 3.05) is 6.54 Å². The first-order chi connectivity index (χ1) is 11.2. The normalized spacial score (nSPS) is 16.1. The molecule has 0 spiro atoms. The van der Waals surface area contributed by atoms with Crippen LogP contribution in [0.2, 0.25) is 0 Å². The first kappa shape index (κ1) is 15.0. The molecule has 1 aromatic heterocycles. The van der Waals surface area contributed by atoms with Crippen molar-refractivity contribution < 1.29 is 9.59 Å². The lowest BCUT2D eigenvalue weighted by atomic mass is 10.0. The molecular weight excluding hydrogens is 290 g/mol. The Morgan fingerprint density at radius 3 is 2.87 bits per heavy atom. The fourth-order valence-electron chi connectivity index (χ4n) is 2.77. The zero-order valence-electron chi connectivity index (χ0n) is 12.6. The summed E-state index contributed by atoms with van der Waals surface area (Å²) in [6.45, 7) is 4.38. The zero-order chi connectivity index (χ0) is 16.2. The highest BCUT2D eigenvalue weighted by atomic mass is 16.2. The minimum Gasteiger partial charge on any atom is -0.350 e. The van der Waals surface area contributed by atoms with Crippen LogP contribution in [0, 0.1) is 0 Å². The van der Waals surface area contributed by atoms with Gasteiger partial charge in [-0.2, -0.15) is 0 Å². The predicted molar refractivity (Wildman–Crippen MR) is 86.5 cm³/mol. The van der Waals surface area contributed by atoms with Crippen molar-refractivity contribution in [3.8, 4) is 0 Å². The molecule has 116 valence electrons. The average molecular weight is 307 g/mol. The summed E-state index contributed by atoms with van der Waals surface area (Å²) in [7, 11) is 0.